The topological polar surface area (TPSA) is 113 Å². The molecule has 5 N–H and O–H groups in total. The third-order valence-corrected chi connectivity index (χ3v) is 6.37. The Morgan fingerprint density at radius 3 is 2.59 bits per heavy atom. The molecule has 0 fully saturated rings. The van der Waals surface area contributed by atoms with Crippen LogP contribution < -0.4 is 21.1 Å². The minimum atomic E-state index is 0.0448. The fraction of sp³-hybridized carbons (Fsp3) is 0.300. The van der Waals surface area contributed by atoms with E-state index in [1.54, 1.807) is 6.20 Å². The molecule has 7 nitrogen and oxygen atoms in total. The number of aromatic nitrogens is 1. The van der Waals surface area contributed by atoms with Crippen molar-refractivity contribution in [3.63, 3.8) is 0 Å². The second kappa shape index (κ2) is 12.7. The van der Waals surface area contributed by atoms with Gasteiger partial charge in [-0.2, -0.15) is 0 Å². The molecule has 0 spiro atoms. The van der Waals surface area contributed by atoms with Gasteiger partial charge in [0.1, 0.15) is 17.3 Å². The molecule has 0 radical (unpaired) electrons. The van der Waals surface area contributed by atoms with Crippen molar-refractivity contribution in [2.24, 2.45) is 0 Å². The second-order valence-electron chi connectivity index (χ2n) is 9.35. The van der Waals surface area contributed by atoms with E-state index in [9.17, 15) is 4.79 Å². The van der Waals surface area contributed by atoms with Gasteiger partial charge in [0.2, 0.25) is 5.91 Å². The van der Waals surface area contributed by atoms with Gasteiger partial charge in [-0.25, -0.2) is 4.98 Å². The summed E-state index contributed by atoms with van der Waals surface area (Å²) in [4.78, 5) is 16.6. The number of fused-ring (bicyclic) bond motifs is 1. The molecule has 1 atom stereocenters. The molecule has 1 aliphatic heterocycles. The van der Waals surface area contributed by atoms with Gasteiger partial charge in [-0.05, 0) is 69.0 Å². The molecule has 1 aliphatic rings. The van der Waals surface area contributed by atoms with E-state index in [0.29, 0.717) is 35.7 Å². The third kappa shape index (κ3) is 7.19. The van der Waals surface area contributed by atoms with Gasteiger partial charge in [-0.1, -0.05) is 36.8 Å². The average Bonchev–Trinajstić information content (AvgIpc) is 2.90. The van der Waals surface area contributed by atoms with Gasteiger partial charge < -0.3 is 21.1 Å². The van der Waals surface area contributed by atoms with Crippen LogP contribution >= 0.6 is 0 Å². The number of benzene rings is 2. The number of allylic oxidation sites excluding steroid dienone is 1. The highest BCUT2D eigenvalue weighted by atomic mass is 16.5. The maximum atomic E-state index is 12.2. The van der Waals surface area contributed by atoms with Crippen LogP contribution in [0.15, 0.2) is 66.9 Å². The van der Waals surface area contributed by atoms with Crippen LogP contribution in [0, 0.1) is 5.41 Å². The Hall–Kier alpha value is -4.13. The number of nitrogens with two attached hydrogens (primary N) is 1. The van der Waals surface area contributed by atoms with Crippen molar-refractivity contribution in [2.75, 3.05) is 17.6 Å². The van der Waals surface area contributed by atoms with Crippen molar-refractivity contribution < 1.29 is 9.53 Å². The summed E-state index contributed by atoms with van der Waals surface area (Å²) in [5.41, 5.74) is 9.59. The summed E-state index contributed by atoms with van der Waals surface area (Å²) >= 11 is 0. The zero-order valence-electron chi connectivity index (χ0n) is 21.3. The van der Waals surface area contributed by atoms with Crippen molar-refractivity contribution in [2.45, 2.75) is 51.5 Å². The first-order chi connectivity index (χ1) is 18.0. The molecule has 0 aliphatic carbocycles. The number of anilines is 2. The Bertz CT molecular complexity index is 1240. The number of nitrogens with zero attached hydrogens (tertiary/aromatic N) is 1. The molecular weight excluding hydrogens is 462 g/mol. The van der Waals surface area contributed by atoms with Crippen LogP contribution in [0.2, 0.25) is 0 Å². The van der Waals surface area contributed by atoms with Crippen molar-refractivity contribution in [1.82, 2.24) is 10.3 Å². The van der Waals surface area contributed by atoms with Gasteiger partial charge in [-0.15, -0.1) is 0 Å². The molecule has 7 heteroatoms. The van der Waals surface area contributed by atoms with Crippen molar-refractivity contribution in [1.29, 1.82) is 5.41 Å². The SMILES string of the molecule is CC1CCNc2c(cnc(N)c2C(=N)c2ccc(Oc3ccccc3)cc2)/C=C/CCCCCC(=O)N1. The smallest absolute Gasteiger partial charge is 0.220 e. The molecule has 1 unspecified atom stereocenters. The van der Waals surface area contributed by atoms with Gasteiger partial charge in [-0.3, -0.25) is 10.2 Å². The molecule has 2 heterocycles. The highest BCUT2D eigenvalue weighted by Crippen LogP contribution is 2.30. The van der Waals surface area contributed by atoms with Crippen molar-refractivity contribution in [3.05, 3.63) is 83.6 Å². The summed E-state index contributed by atoms with van der Waals surface area (Å²) in [6.07, 6.45) is 11.1. The van der Waals surface area contributed by atoms with Crippen LogP contribution in [-0.2, 0) is 4.79 Å². The first kappa shape index (κ1) is 25.9. The van der Waals surface area contributed by atoms with Crippen LogP contribution in [0.1, 0.15) is 62.1 Å². The lowest BCUT2D eigenvalue weighted by Crippen LogP contribution is -2.33. The molecule has 37 heavy (non-hydrogen) atoms. The minimum absolute atomic E-state index is 0.0448. The Morgan fingerprint density at radius 2 is 1.81 bits per heavy atom. The third-order valence-electron chi connectivity index (χ3n) is 6.37. The van der Waals surface area contributed by atoms with E-state index in [2.05, 4.69) is 27.8 Å². The van der Waals surface area contributed by atoms with Crippen LogP contribution in [0.25, 0.3) is 6.08 Å². The second-order valence-corrected chi connectivity index (χ2v) is 9.35. The average molecular weight is 498 g/mol. The largest absolute Gasteiger partial charge is 0.457 e. The van der Waals surface area contributed by atoms with Crippen LogP contribution in [0.3, 0.4) is 0 Å². The molecule has 1 aromatic heterocycles. The lowest BCUT2D eigenvalue weighted by molar-refractivity contribution is -0.121. The number of nitrogen functional groups attached to an aromatic ring is 1. The summed E-state index contributed by atoms with van der Waals surface area (Å²) in [6, 6.07) is 17.1. The predicted octanol–water partition coefficient (Wildman–Crippen LogP) is 6.16. The molecule has 0 bridgehead atoms. The normalized spacial score (nSPS) is 17.8. The first-order valence-electron chi connectivity index (χ1n) is 12.9. The van der Waals surface area contributed by atoms with Gasteiger partial charge in [0.15, 0.2) is 0 Å². The number of rotatable bonds is 4. The number of hydrogen-bond acceptors (Lipinski definition) is 6. The molecule has 192 valence electrons. The highest BCUT2D eigenvalue weighted by molar-refractivity contribution is 6.17. The van der Waals surface area contributed by atoms with Crippen LogP contribution in [-0.4, -0.2) is 29.2 Å². The number of carbonyl (C=O) groups excluding carboxylic acids is 1. The summed E-state index contributed by atoms with van der Waals surface area (Å²) in [5, 5.41) is 15.6. The van der Waals surface area contributed by atoms with E-state index in [-0.39, 0.29) is 17.7 Å². The van der Waals surface area contributed by atoms with Gasteiger partial charge in [0.05, 0.1) is 17.0 Å². The Kier molecular flexibility index (Phi) is 8.92. The molecule has 3 aromatic rings. The van der Waals surface area contributed by atoms with Crippen LogP contribution in [0.5, 0.6) is 11.5 Å². The number of para-hydroxylation sites is 1. The number of nitrogens with one attached hydrogen (secondary N) is 3. The van der Waals surface area contributed by atoms with Crippen molar-refractivity contribution >= 4 is 29.2 Å². The highest BCUT2D eigenvalue weighted by Gasteiger charge is 2.18. The molecule has 1 amide bonds. The summed E-state index contributed by atoms with van der Waals surface area (Å²) in [5.74, 6) is 1.85. The lowest BCUT2D eigenvalue weighted by Gasteiger charge is -2.19. The van der Waals surface area contributed by atoms with Gasteiger partial charge >= 0.3 is 0 Å². The van der Waals surface area contributed by atoms with E-state index in [0.717, 1.165) is 49.1 Å². The molecule has 0 saturated carbocycles. The van der Waals surface area contributed by atoms with Gasteiger partial charge in [0.25, 0.3) is 0 Å². The fourth-order valence-corrected chi connectivity index (χ4v) is 4.34. The van der Waals surface area contributed by atoms with E-state index in [1.807, 2.05) is 61.5 Å². The van der Waals surface area contributed by atoms with Gasteiger partial charge in [0, 0.05) is 36.3 Å². The quantitative estimate of drug-likeness (QED) is 0.323. The van der Waals surface area contributed by atoms with Crippen molar-refractivity contribution in [3.8, 4) is 11.5 Å². The lowest BCUT2D eigenvalue weighted by atomic mass is 9.98. The minimum Gasteiger partial charge on any atom is -0.457 e. The predicted molar refractivity (Wildman–Crippen MR) is 150 cm³/mol. The molecular formula is C30H35N5O2. The summed E-state index contributed by atoms with van der Waals surface area (Å²) < 4.78 is 5.90. The maximum absolute atomic E-state index is 12.2. The number of carbonyl (C=O) groups is 1. The number of pyridine rings is 1. The van der Waals surface area contributed by atoms with E-state index in [4.69, 9.17) is 15.9 Å². The Morgan fingerprint density at radius 1 is 1.05 bits per heavy atom. The standard InChI is InChI=1S/C30H35N5O2/c1-21-18-19-33-29-23(10-6-3-2-4-9-13-26(36)35-21)20-34-30(32)27(29)28(31)22-14-16-25(17-15-22)37-24-11-7-5-8-12-24/h5-8,10-12,14-17,20-21,31,33H,2-4,9,13,18-19H2,1H3,(H2,32,34)(H,35,36)/b10-6+,31-28?. The maximum Gasteiger partial charge on any atom is 0.220 e. The Labute approximate surface area is 218 Å². The first-order valence-corrected chi connectivity index (χ1v) is 12.9. The number of hydrogen-bond donors (Lipinski definition) is 4. The Balaban J connectivity index is 1.60. The van der Waals surface area contributed by atoms with E-state index >= 15 is 0 Å². The number of amides is 1. The number of ether oxygens (including phenoxy) is 1. The fourth-order valence-electron chi connectivity index (χ4n) is 4.34. The van der Waals surface area contributed by atoms with E-state index in [1.165, 1.54) is 0 Å². The zero-order chi connectivity index (χ0) is 26.0. The van der Waals surface area contributed by atoms with E-state index < -0.39 is 0 Å². The summed E-state index contributed by atoms with van der Waals surface area (Å²) in [6.45, 7) is 2.64. The van der Waals surface area contributed by atoms with Crippen LogP contribution in [0.4, 0.5) is 11.5 Å². The molecule has 4 rings (SSSR count). The monoisotopic (exact) mass is 497 g/mol. The molecule has 0 saturated heterocycles. The molecule has 2 aromatic carbocycles. The zero-order valence-corrected chi connectivity index (χ0v) is 21.3. The summed E-state index contributed by atoms with van der Waals surface area (Å²) in [7, 11) is 0.